The molecule has 6 heteroatoms. The summed E-state index contributed by atoms with van der Waals surface area (Å²) in [5.74, 6) is 0.361. The monoisotopic (exact) mass is 264 g/mol. The van der Waals surface area contributed by atoms with Crippen LogP contribution in [0.3, 0.4) is 0 Å². The number of rotatable bonds is 3. The van der Waals surface area contributed by atoms with Gasteiger partial charge in [0, 0.05) is 24.3 Å². The predicted molar refractivity (Wildman–Crippen MR) is 69.5 cm³/mol. The highest BCUT2D eigenvalue weighted by Gasteiger charge is 2.52. The summed E-state index contributed by atoms with van der Waals surface area (Å²) in [5.41, 5.74) is 7.97. The Bertz CT molecular complexity index is 499. The minimum Gasteiger partial charge on any atom is -0.376 e. The van der Waals surface area contributed by atoms with Crippen molar-refractivity contribution >= 4 is 5.91 Å². The van der Waals surface area contributed by atoms with E-state index in [0.29, 0.717) is 5.92 Å². The van der Waals surface area contributed by atoms with E-state index in [1.165, 1.54) is 0 Å². The molecule has 1 amide bonds. The number of aromatic nitrogens is 2. The number of amides is 1. The summed E-state index contributed by atoms with van der Waals surface area (Å²) in [6, 6.07) is 1.94. The molecule has 3 rings (SSSR count). The van der Waals surface area contributed by atoms with Crippen molar-refractivity contribution in [2.45, 2.75) is 45.0 Å². The van der Waals surface area contributed by atoms with Gasteiger partial charge in [-0.1, -0.05) is 0 Å². The fourth-order valence-electron chi connectivity index (χ4n) is 3.13. The number of fused-ring (bicyclic) bond motifs is 1. The molecule has 1 saturated carbocycles. The predicted octanol–water partition coefficient (Wildman–Crippen LogP) is -0.269. The van der Waals surface area contributed by atoms with Gasteiger partial charge in [0.15, 0.2) is 0 Å². The molecule has 0 bridgehead atoms. The lowest BCUT2D eigenvalue weighted by atomic mass is 9.72. The molecule has 3 N–H and O–H groups in total. The van der Waals surface area contributed by atoms with Crippen LogP contribution in [0.15, 0.2) is 6.07 Å². The highest BCUT2D eigenvalue weighted by molar-refractivity contribution is 5.76. The van der Waals surface area contributed by atoms with Crippen LogP contribution >= 0.6 is 0 Å². The molecule has 0 spiro atoms. The van der Waals surface area contributed by atoms with Crippen LogP contribution < -0.4 is 11.1 Å². The number of nitrogens with two attached hydrogens (primary N) is 1. The maximum Gasteiger partial charge on any atom is 0.242 e. The van der Waals surface area contributed by atoms with Gasteiger partial charge in [-0.2, -0.15) is 5.10 Å². The first kappa shape index (κ1) is 12.6. The fourth-order valence-corrected chi connectivity index (χ4v) is 3.13. The Morgan fingerprint density at radius 3 is 3.11 bits per heavy atom. The number of nitrogens with one attached hydrogen (secondary N) is 1. The second-order valence-electron chi connectivity index (χ2n) is 5.54. The molecule has 6 nitrogen and oxygen atoms in total. The highest BCUT2D eigenvalue weighted by Crippen LogP contribution is 2.37. The quantitative estimate of drug-likeness (QED) is 0.787. The molecule has 2 heterocycles. The second kappa shape index (κ2) is 4.61. The summed E-state index contributed by atoms with van der Waals surface area (Å²) in [4.78, 5) is 12.0. The van der Waals surface area contributed by atoms with E-state index < -0.39 is 0 Å². The molecule has 104 valence electrons. The maximum atomic E-state index is 12.0. The zero-order valence-electron chi connectivity index (χ0n) is 11.3. The van der Waals surface area contributed by atoms with Crippen LogP contribution in [0, 0.1) is 19.8 Å². The lowest BCUT2D eigenvalue weighted by Crippen LogP contribution is -2.69. The molecule has 4 unspecified atom stereocenters. The van der Waals surface area contributed by atoms with Crippen LogP contribution in [-0.4, -0.2) is 40.5 Å². The van der Waals surface area contributed by atoms with Crippen molar-refractivity contribution in [2.75, 3.05) is 6.61 Å². The van der Waals surface area contributed by atoms with Gasteiger partial charge >= 0.3 is 0 Å². The third-order valence-electron chi connectivity index (χ3n) is 4.17. The van der Waals surface area contributed by atoms with E-state index in [-0.39, 0.29) is 30.6 Å². The number of hydrogen-bond acceptors (Lipinski definition) is 4. The Hall–Kier alpha value is -1.40. The second-order valence-corrected chi connectivity index (χ2v) is 5.54. The molecular formula is C13H20N4O2. The van der Waals surface area contributed by atoms with Crippen LogP contribution in [-0.2, 0) is 16.1 Å². The minimum atomic E-state index is -0.0550. The molecule has 1 aliphatic heterocycles. The van der Waals surface area contributed by atoms with Crippen LogP contribution in [0.5, 0.6) is 0 Å². The molecular weight excluding hydrogens is 244 g/mol. The molecule has 1 aromatic rings. The summed E-state index contributed by atoms with van der Waals surface area (Å²) in [6.07, 6.45) is 1.12. The zero-order chi connectivity index (χ0) is 13.6. The van der Waals surface area contributed by atoms with Crippen molar-refractivity contribution in [3.05, 3.63) is 17.5 Å². The summed E-state index contributed by atoms with van der Waals surface area (Å²) in [7, 11) is 0. The highest BCUT2D eigenvalue weighted by atomic mass is 16.5. The Morgan fingerprint density at radius 2 is 2.42 bits per heavy atom. The lowest BCUT2D eigenvalue weighted by Gasteiger charge is -2.45. The molecule has 2 aliphatic rings. The van der Waals surface area contributed by atoms with E-state index in [0.717, 1.165) is 24.4 Å². The Morgan fingerprint density at radius 1 is 1.63 bits per heavy atom. The lowest BCUT2D eigenvalue weighted by molar-refractivity contribution is -0.126. The molecule has 19 heavy (non-hydrogen) atoms. The molecule has 1 aliphatic carbocycles. The van der Waals surface area contributed by atoms with Gasteiger partial charge in [-0.15, -0.1) is 0 Å². The van der Waals surface area contributed by atoms with E-state index in [9.17, 15) is 4.79 Å². The van der Waals surface area contributed by atoms with Crippen molar-refractivity contribution < 1.29 is 9.53 Å². The molecule has 1 aromatic heterocycles. The number of carbonyl (C=O) groups is 1. The van der Waals surface area contributed by atoms with Gasteiger partial charge in [0.25, 0.3) is 0 Å². The van der Waals surface area contributed by atoms with E-state index in [2.05, 4.69) is 10.4 Å². The van der Waals surface area contributed by atoms with E-state index >= 15 is 0 Å². The summed E-state index contributed by atoms with van der Waals surface area (Å²) in [5, 5.41) is 7.25. The average molecular weight is 264 g/mol. The van der Waals surface area contributed by atoms with Crippen molar-refractivity contribution in [2.24, 2.45) is 11.7 Å². The van der Waals surface area contributed by atoms with Crippen molar-refractivity contribution in [3.8, 4) is 0 Å². The average Bonchev–Trinajstić information content (AvgIpc) is 2.91. The first-order valence-electron chi connectivity index (χ1n) is 6.74. The van der Waals surface area contributed by atoms with E-state index in [4.69, 9.17) is 10.5 Å². The van der Waals surface area contributed by atoms with Crippen molar-refractivity contribution in [1.82, 2.24) is 15.1 Å². The van der Waals surface area contributed by atoms with Crippen LogP contribution in [0.25, 0.3) is 0 Å². The SMILES string of the molecule is Cc1cc(C)n(CC(=O)NC2C(N)C3CCOC32)n1. The van der Waals surface area contributed by atoms with Gasteiger partial charge in [-0.25, -0.2) is 0 Å². The van der Waals surface area contributed by atoms with Crippen molar-refractivity contribution in [3.63, 3.8) is 0 Å². The normalized spacial score (nSPS) is 32.8. The fraction of sp³-hybridized carbons (Fsp3) is 0.692. The first-order chi connectivity index (χ1) is 9.06. The number of carbonyl (C=O) groups excluding carboxylic acids is 1. The zero-order valence-corrected chi connectivity index (χ0v) is 11.3. The summed E-state index contributed by atoms with van der Waals surface area (Å²) < 4.78 is 7.31. The number of aryl methyl sites for hydroxylation is 2. The Labute approximate surface area is 112 Å². The summed E-state index contributed by atoms with van der Waals surface area (Å²) in [6.45, 7) is 4.85. The number of ether oxygens (including phenoxy) is 1. The molecule has 2 fully saturated rings. The number of hydrogen-bond donors (Lipinski definition) is 2. The van der Waals surface area contributed by atoms with Crippen molar-refractivity contribution in [1.29, 1.82) is 0 Å². The van der Waals surface area contributed by atoms with Crippen LogP contribution in [0.1, 0.15) is 17.8 Å². The van der Waals surface area contributed by atoms with Crippen LogP contribution in [0.2, 0.25) is 0 Å². The third-order valence-corrected chi connectivity index (χ3v) is 4.17. The van der Waals surface area contributed by atoms with Gasteiger partial charge in [-0.3, -0.25) is 9.48 Å². The smallest absolute Gasteiger partial charge is 0.242 e. The number of nitrogens with zero attached hydrogens (tertiary/aromatic N) is 2. The largest absolute Gasteiger partial charge is 0.376 e. The maximum absolute atomic E-state index is 12.0. The van der Waals surface area contributed by atoms with Crippen LogP contribution in [0.4, 0.5) is 0 Å². The van der Waals surface area contributed by atoms with Gasteiger partial charge in [0.05, 0.1) is 17.8 Å². The van der Waals surface area contributed by atoms with Gasteiger partial charge < -0.3 is 15.8 Å². The summed E-state index contributed by atoms with van der Waals surface area (Å²) >= 11 is 0. The first-order valence-corrected chi connectivity index (χ1v) is 6.74. The molecule has 1 saturated heterocycles. The van der Waals surface area contributed by atoms with Gasteiger partial charge in [-0.05, 0) is 26.3 Å². The van der Waals surface area contributed by atoms with Gasteiger partial charge in [0.2, 0.25) is 5.91 Å². The third kappa shape index (κ3) is 2.15. The van der Waals surface area contributed by atoms with E-state index in [1.807, 2.05) is 19.9 Å². The van der Waals surface area contributed by atoms with E-state index in [1.54, 1.807) is 4.68 Å². The standard InChI is InChI=1S/C13H20N4O2/c1-7-5-8(2)17(16-7)6-10(18)15-12-11(14)9-3-4-19-13(9)12/h5,9,11-13H,3-4,6,14H2,1-2H3,(H,15,18). The Balaban J connectivity index is 1.58. The van der Waals surface area contributed by atoms with Gasteiger partial charge in [0.1, 0.15) is 6.54 Å². The molecule has 0 aromatic carbocycles. The minimum absolute atomic E-state index is 0.0249. The molecule has 4 atom stereocenters. The molecule has 0 radical (unpaired) electrons. The topological polar surface area (TPSA) is 82.2 Å². The Kier molecular flexibility index (Phi) is 3.06.